The minimum atomic E-state index is 0.262. The molecule has 11 aromatic rings. The van der Waals surface area contributed by atoms with Crippen LogP contribution in [0.15, 0.2) is 199 Å². The molecule has 0 aliphatic carbocycles. The van der Waals surface area contributed by atoms with Gasteiger partial charge in [-0.2, -0.15) is 0 Å². The zero-order valence-electron chi connectivity index (χ0n) is 31.8. The van der Waals surface area contributed by atoms with E-state index in [1.54, 1.807) is 6.07 Å². The van der Waals surface area contributed by atoms with Crippen molar-refractivity contribution < 1.29 is 9.52 Å². The molecular formula is C54H34N2O2S. The first-order valence-corrected chi connectivity index (χ1v) is 20.6. The Bertz CT molecular complexity index is 3610. The summed E-state index contributed by atoms with van der Waals surface area (Å²) in [7, 11) is 0. The molecule has 0 saturated heterocycles. The molecule has 0 unspecified atom stereocenters. The highest BCUT2D eigenvalue weighted by molar-refractivity contribution is 7.26. The SMILES string of the molecule is C=C1/C=C\C=C/N(c2cccc(-c3ccccc3O)c2)c2ccc(-c3ccc4sc5c(ccc6c5c5ccccc5n6-c5ccc6oc7ccccc7c6c5)c4c3)cc21. The molecule has 278 valence electrons. The molecule has 5 heteroatoms. The molecule has 4 nitrogen and oxygen atoms in total. The summed E-state index contributed by atoms with van der Waals surface area (Å²) >= 11 is 1.87. The van der Waals surface area contributed by atoms with Crippen molar-refractivity contribution in [2.24, 2.45) is 0 Å². The number of aromatic hydroxyl groups is 1. The summed E-state index contributed by atoms with van der Waals surface area (Å²) in [6.07, 6.45) is 8.24. The number of nitrogens with zero attached hydrogens (tertiary/aromatic N) is 2. The van der Waals surface area contributed by atoms with Crippen LogP contribution in [0.25, 0.3) is 97.4 Å². The second-order valence-corrected chi connectivity index (χ2v) is 16.2. The lowest BCUT2D eigenvalue weighted by atomic mass is 9.95. The van der Waals surface area contributed by atoms with Crippen molar-refractivity contribution in [2.45, 2.75) is 0 Å². The number of hydrogen-bond acceptors (Lipinski definition) is 4. The number of rotatable bonds is 4. The molecule has 0 spiro atoms. The minimum Gasteiger partial charge on any atom is -0.507 e. The first kappa shape index (κ1) is 33.5. The van der Waals surface area contributed by atoms with Gasteiger partial charge in [0.25, 0.3) is 0 Å². The monoisotopic (exact) mass is 774 g/mol. The lowest BCUT2D eigenvalue weighted by Crippen LogP contribution is -2.11. The predicted molar refractivity (Wildman–Crippen MR) is 249 cm³/mol. The largest absolute Gasteiger partial charge is 0.507 e. The molecule has 0 atom stereocenters. The fraction of sp³-hybridized carbons (Fsp3) is 0. The second-order valence-electron chi connectivity index (χ2n) is 15.2. The number of phenols is 1. The molecule has 1 aliphatic rings. The van der Waals surface area contributed by atoms with E-state index in [1.165, 1.54) is 42.0 Å². The van der Waals surface area contributed by atoms with Crippen molar-refractivity contribution in [3.63, 3.8) is 0 Å². The van der Waals surface area contributed by atoms with E-state index in [0.717, 1.165) is 72.4 Å². The Hall–Kier alpha value is -7.60. The van der Waals surface area contributed by atoms with Crippen molar-refractivity contribution in [3.05, 3.63) is 200 Å². The average Bonchev–Trinajstić information content (AvgIpc) is 3.95. The highest BCUT2D eigenvalue weighted by Crippen LogP contribution is 2.46. The zero-order valence-corrected chi connectivity index (χ0v) is 32.6. The quantitative estimate of drug-likeness (QED) is 0.194. The van der Waals surface area contributed by atoms with E-state index in [-0.39, 0.29) is 5.75 Å². The molecule has 3 aromatic heterocycles. The molecule has 4 heterocycles. The van der Waals surface area contributed by atoms with E-state index in [2.05, 4.69) is 144 Å². The van der Waals surface area contributed by atoms with Gasteiger partial charge in [-0.05, 0) is 107 Å². The van der Waals surface area contributed by atoms with Gasteiger partial charge >= 0.3 is 0 Å². The van der Waals surface area contributed by atoms with E-state index < -0.39 is 0 Å². The first-order chi connectivity index (χ1) is 29.1. The molecule has 12 rings (SSSR count). The van der Waals surface area contributed by atoms with Gasteiger partial charge in [0.05, 0.1) is 16.7 Å². The Kier molecular flexibility index (Phi) is 7.37. The van der Waals surface area contributed by atoms with Gasteiger partial charge in [0, 0.05) is 70.4 Å². The van der Waals surface area contributed by atoms with Gasteiger partial charge in [-0.3, -0.25) is 0 Å². The number of furan rings is 1. The van der Waals surface area contributed by atoms with Crippen LogP contribution in [-0.2, 0) is 0 Å². The second kappa shape index (κ2) is 13.0. The number of aromatic nitrogens is 1. The van der Waals surface area contributed by atoms with Crippen LogP contribution in [0.4, 0.5) is 11.4 Å². The Morgan fingerprint density at radius 2 is 1.34 bits per heavy atom. The summed E-state index contributed by atoms with van der Waals surface area (Å²) < 4.78 is 11.2. The van der Waals surface area contributed by atoms with Crippen LogP contribution in [0.1, 0.15) is 5.56 Å². The molecule has 59 heavy (non-hydrogen) atoms. The summed E-state index contributed by atoms with van der Waals surface area (Å²) in [6.45, 7) is 4.50. The van der Waals surface area contributed by atoms with Crippen molar-refractivity contribution in [2.75, 3.05) is 4.90 Å². The molecule has 0 amide bonds. The molecule has 1 aliphatic heterocycles. The maximum Gasteiger partial charge on any atom is 0.135 e. The lowest BCUT2D eigenvalue weighted by molar-refractivity contribution is 0.477. The highest BCUT2D eigenvalue weighted by Gasteiger charge is 2.20. The predicted octanol–water partition coefficient (Wildman–Crippen LogP) is 15.3. The van der Waals surface area contributed by atoms with Gasteiger partial charge in [-0.25, -0.2) is 0 Å². The maximum absolute atomic E-state index is 10.6. The van der Waals surface area contributed by atoms with Crippen LogP contribution in [0.3, 0.4) is 0 Å². The third-order valence-electron chi connectivity index (χ3n) is 11.8. The summed E-state index contributed by atoms with van der Waals surface area (Å²) in [5.41, 5.74) is 13.4. The van der Waals surface area contributed by atoms with Crippen LogP contribution >= 0.6 is 11.3 Å². The van der Waals surface area contributed by atoms with E-state index in [9.17, 15) is 5.11 Å². The van der Waals surface area contributed by atoms with E-state index >= 15 is 0 Å². The van der Waals surface area contributed by atoms with Gasteiger partial charge in [-0.15, -0.1) is 11.3 Å². The Balaban J connectivity index is 0.979. The normalized spacial score (nSPS) is 14.1. The summed E-state index contributed by atoms with van der Waals surface area (Å²) in [5.74, 6) is 0.262. The van der Waals surface area contributed by atoms with Gasteiger partial charge in [0.15, 0.2) is 0 Å². The van der Waals surface area contributed by atoms with Crippen molar-refractivity contribution >= 4 is 92.2 Å². The Morgan fingerprint density at radius 1 is 0.525 bits per heavy atom. The van der Waals surface area contributed by atoms with Gasteiger partial charge < -0.3 is 19.0 Å². The fourth-order valence-electron chi connectivity index (χ4n) is 9.02. The Labute approximate surface area is 343 Å². The molecule has 0 bridgehead atoms. The number of para-hydroxylation sites is 3. The topological polar surface area (TPSA) is 41.5 Å². The van der Waals surface area contributed by atoms with E-state index in [4.69, 9.17) is 4.42 Å². The smallest absolute Gasteiger partial charge is 0.135 e. The molecule has 0 saturated carbocycles. The molecule has 0 radical (unpaired) electrons. The molecule has 8 aromatic carbocycles. The standard InChI is InChI=1S/C54H34N2O2S/c1-33-11-8-9-28-55(37-13-10-12-36(29-37)39-14-3-6-18-49(39)57)46-24-20-34(30-43(33)46)35-21-27-52-45(31-35)41-23-25-48-53(54(41)59-52)42-16-2-5-17-47(42)56(48)38-22-26-51-44(32-38)40-15-4-7-19-50(40)58-51/h2-32,57H,1H2/b11-8-,28-9-. The number of benzene rings is 8. The minimum absolute atomic E-state index is 0.262. The van der Waals surface area contributed by atoms with Crippen LogP contribution in [-0.4, -0.2) is 9.67 Å². The summed E-state index contributed by atoms with van der Waals surface area (Å²) in [6, 6.07) is 57.5. The average molecular weight is 775 g/mol. The zero-order chi connectivity index (χ0) is 39.2. The van der Waals surface area contributed by atoms with Crippen LogP contribution in [0, 0.1) is 0 Å². The van der Waals surface area contributed by atoms with Crippen LogP contribution < -0.4 is 4.90 Å². The van der Waals surface area contributed by atoms with Crippen LogP contribution in [0.2, 0.25) is 0 Å². The number of thiophene rings is 1. The number of hydrogen-bond donors (Lipinski definition) is 1. The van der Waals surface area contributed by atoms with Gasteiger partial charge in [0.1, 0.15) is 16.9 Å². The van der Waals surface area contributed by atoms with Gasteiger partial charge in [-0.1, -0.05) is 104 Å². The van der Waals surface area contributed by atoms with E-state index in [0.29, 0.717) is 0 Å². The van der Waals surface area contributed by atoms with Crippen molar-refractivity contribution in [1.82, 2.24) is 4.57 Å². The molecular weight excluding hydrogens is 741 g/mol. The third-order valence-corrected chi connectivity index (χ3v) is 13.0. The molecule has 1 N–H and O–H groups in total. The first-order valence-electron chi connectivity index (χ1n) is 19.7. The Morgan fingerprint density at radius 3 is 2.27 bits per heavy atom. The number of phenolic OH excluding ortho intramolecular Hbond substituents is 1. The summed E-state index contributed by atoms with van der Waals surface area (Å²) in [5, 5.41) is 17.9. The van der Waals surface area contributed by atoms with Crippen molar-refractivity contribution in [3.8, 4) is 33.7 Å². The van der Waals surface area contributed by atoms with Crippen LogP contribution in [0.5, 0.6) is 5.75 Å². The summed E-state index contributed by atoms with van der Waals surface area (Å²) in [4.78, 5) is 2.20. The fourth-order valence-corrected chi connectivity index (χ4v) is 10.3. The van der Waals surface area contributed by atoms with E-state index in [1.807, 2.05) is 66.0 Å². The number of anilines is 2. The lowest BCUT2D eigenvalue weighted by Gasteiger charge is -2.26. The third kappa shape index (κ3) is 5.22. The van der Waals surface area contributed by atoms with Crippen molar-refractivity contribution in [1.29, 1.82) is 0 Å². The highest BCUT2D eigenvalue weighted by atomic mass is 32.1. The number of allylic oxidation sites excluding steroid dienone is 4. The maximum atomic E-state index is 10.6. The van der Waals surface area contributed by atoms with Gasteiger partial charge in [0.2, 0.25) is 0 Å². The molecule has 0 fully saturated rings. The number of fused-ring (bicyclic) bond motifs is 11.